The van der Waals surface area contributed by atoms with Crippen LogP contribution in [0.5, 0.6) is 0 Å². The Labute approximate surface area is 198 Å². The van der Waals surface area contributed by atoms with Gasteiger partial charge in [-0.15, -0.1) is 0 Å². The number of rotatable bonds is 12. The van der Waals surface area contributed by atoms with Crippen molar-refractivity contribution in [2.24, 2.45) is 16.3 Å². The molecule has 0 fully saturated rings. The first-order chi connectivity index (χ1) is 15.5. The van der Waals surface area contributed by atoms with Crippen LogP contribution in [-0.4, -0.2) is 74.4 Å². The van der Waals surface area contributed by atoms with Crippen LogP contribution in [-0.2, 0) is 9.53 Å². The first kappa shape index (κ1) is 28.5. The second-order valence-corrected chi connectivity index (χ2v) is 9.32. The highest BCUT2D eigenvalue weighted by Gasteiger charge is 2.21. The Balaban J connectivity index is 2.47. The van der Waals surface area contributed by atoms with Gasteiger partial charge in [-0.05, 0) is 31.3 Å². The minimum atomic E-state index is -0.859. The van der Waals surface area contributed by atoms with E-state index in [1.807, 2.05) is 25.2 Å². The minimum Gasteiger partial charge on any atom is -0.449 e. The maximum atomic E-state index is 12.5. The van der Waals surface area contributed by atoms with Crippen molar-refractivity contribution in [2.45, 2.75) is 65.6 Å². The zero-order chi connectivity index (χ0) is 25.0. The lowest BCUT2D eigenvalue weighted by molar-refractivity contribution is -0.129. The Morgan fingerprint density at radius 2 is 2.09 bits per heavy atom. The van der Waals surface area contributed by atoms with E-state index in [4.69, 9.17) is 4.74 Å². The van der Waals surface area contributed by atoms with Crippen LogP contribution >= 0.6 is 0 Å². The number of nitrogens with one attached hydrogen (secondary N) is 3. The summed E-state index contributed by atoms with van der Waals surface area (Å²) in [5, 5.41) is 19.3. The third kappa shape index (κ3) is 10.7. The highest BCUT2D eigenvalue weighted by molar-refractivity contribution is 5.88. The molecule has 0 spiro atoms. The monoisotopic (exact) mass is 465 g/mol. The topological polar surface area (TPSA) is 115 Å². The molecule has 0 heterocycles. The number of allylic oxidation sites excluding steroid dienone is 2. The fourth-order valence-electron chi connectivity index (χ4n) is 3.09. The van der Waals surface area contributed by atoms with Crippen LogP contribution in [0.25, 0.3) is 0 Å². The maximum Gasteiger partial charge on any atom is 0.406 e. The molecule has 0 radical (unpaired) electrons. The number of carbonyl (C=O) groups excluding carboxylic acids is 2. The fraction of sp³-hybridized carbons (Fsp3) is 0.708. The molecule has 0 aromatic heterocycles. The van der Waals surface area contributed by atoms with Crippen molar-refractivity contribution in [1.29, 1.82) is 0 Å². The van der Waals surface area contributed by atoms with E-state index in [9.17, 15) is 14.7 Å². The molecule has 9 nitrogen and oxygen atoms in total. The lowest BCUT2D eigenvalue weighted by atomic mass is 9.85. The van der Waals surface area contributed by atoms with E-state index < -0.39 is 12.3 Å². The predicted molar refractivity (Wildman–Crippen MR) is 132 cm³/mol. The van der Waals surface area contributed by atoms with Crippen molar-refractivity contribution in [1.82, 2.24) is 20.9 Å². The lowest BCUT2D eigenvalue weighted by Gasteiger charge is -2.28. The number of hydrogen-bond donors (Lipinski definition) is 4. The Morgan fingerprint density at radius 1 is 1.39 bits per heavy atom. The number of amides is 2. The van der Waals surface area contributed by atoms with Gasteiger partial charge in [-0.25, -0.2) is 4.79 Å². The number of aliphatic imine (C=N–C) groups is 1. The number of aliphatic hydroxyl groups excluding tert-OH is 1. The standard InChI is InChI=1S/C24H43N5O4/c1-8-24(3,4)14-13-21(30)29(7)15-20(25-5)27-17(2)22(31)28-19-11-9-18(10-12-19)16-33-23(32)26-6/h9,11-12,17-18,22,28,31H,8,10,13-16H2,1-7H3,(H,25,27)(H,26,32)/t17-,18?,22?/m1/s1. The molecule has 0 saturated heterocycles. The smallest absolute Gasteiger partial charge is 0.406 e. The Kier molecular flexibility index (Phi) is 12.0. The van der Waals surface area contributed by atoms with Crippen LogP contribution in [0.3, 0.4) is 0 Å². The predicted octanol–water partition coefficient (Wildman–Crippen LogP) is 2.39. The van der Waals surface area contributed by atoms with Gasteiger partial charge < -0.3 is 30.7 Å². The second-order valence-electron chi connectivity index (χ2n) is 9.32. The first-order valence-electron chi connectivity index (χ1n) is 11.6. The molecule has 1 aliphatic rings. The minimum absolute atomic E-state index is 0.0817. The van der Waals surface area contributed by atoms with Crippen LogP contribution in [0, 0.1) is 11.3 Å². The highest BCUT2D eigenvalue weighted by atomic mass is 16.5. The van der Waals surface area contributed by atoms with E-state index in [1.165, 1.54) is 7.05 Å². The molecule has 188 valence electrons. The lowest BCUT2D eigenvalue weighted by Crippen LogP contribution is -2.50. The quantitative estimate of drug-likeness (QED) is 0.200. The summed E-state index contributed by atoms with van der Waals surface area (Å²) in [6.45, 7) is 8.99. The summed E-state index contributed by atoms with van der Waals surface area (Å²) < 4.78 is 5.08. The molecule has 0 aliphatic heterocycles. The maximum absolute atomic E-state index is 12.5. The number of ether oxygens (including phenoxy) is 1. The average molecular weight is 466 g/mol. The normalized spacial score (nSPS) is 18.1. The van der Waals surface area contributed by atoms with E-state index >= 15 is 0 Å². The molecule has 1 aliphatic carbocycles. The molecule has 0 saturated carbocycles. The number of hydrogen-bond acceptors (Lipinski definition) is 6. The first-order valence-corrected chi connectivity index (χ1v) is 11.6. The molecule has 2 amide bonds. The van der Waals surface area contributed by atoms with E-state index in [1.54, 1.807) is 19.0 Å². The van der Waals surface area contributed by atoms with Crippen molar-refractivity contribution < 1.29 is 19.4 Å². The van der Waals surface area contributed by atoms with Crippen molar-refractivity contribution in [3.05, 3.63) is 23.9 Å². The van der Waals surface area contributed by atoms with Gasteiger partial charge in [-0.1, -0.05) is 39.3 Å². The van der Waals surface area contributed by atoms with E-state index in [2.05, 4.69) is 41.7 Å². The van der Waals surface area contributed by atoms with Gasteiger partial charge in [0.2, 0.25) is 5.91 Å². The third-order valence-electron chi connectivity index (χ3n) is 6.06. The molecule has 3 atom stereocenters. The molecule has 1 rings (SSSR count). The van der Waals surface area contributed by atoms with Crippen molar-refractivity contribution in [3.63, 3.8) is 0 Å². The SMILES string of the molecule is CCC(C)(C)CCC(=O)N(C)C/C(=N/C)N[C@H](C)C(O)NC1=CCC(COC(=O)NC)C=C1. The van der Waals surface area contributed by atoms with Gasteiger partial charge in [0, 0.05) is 39.2 Å². The summed E-state index contributed by atoms with van der Waals surface area (Å²) in [5.74, 6) is 0.821. The van der Waals surface area contributed by atoms with Crippen LogP contribution in [0.15, 0.2) is 28.9 Å². The zero-order valence-corrected chi connectivity index (χ0v) is 21.3. The van der Waals surface area contributed by atoms with Gasteiger partial charge in [0.25, 0.3) is 0 Å². The summed E-state index contributed by atoms with van der Waals surface area (Å²) in [6, 6.07) is -0.338. The van der Waals surface area contributed by atoms with Gasteiger partial charge in [0.1, 0.15) is 12.1 Å². The molecule has 0 bridgehead atoms. The second kappa shape index (κ2) is 13.9. The molecule has 4 N–H and O–H groups in total. The Bertz CT molecular complexity index is 732. The van der Waals surface area contributed by atoms with Crippen molar-refractivity contribution >= 4 is 17.8 Å². The Morgan fingerprint density at radius 3 is 2.64 bits per heavy atom. The van der Waals surface area contributed by atoms with E-state index in [0.717, 1.165) is 18.5 Å². The van der Waals surface area contributed by atoms with Crippen molar-refractivity contribution in [2.75, 3.05) is 34.3 Å². The van der Waals surface area contributed by atoms with Crippen molar-refractivity contribution in [3.8, 4) is 0 Å². The summed E-state index contributed by atoms with van der Waals surface area (Å²) in [5.41, 5.74) is 0.952. The molecular weight excluding hydrogens is 422 g/mol. The van der Waals surface area contributed by atoms with E-state index in [-0.39, 0.29) is 23.3 Å². The zero-order valence-electron chi connectivity index (χ0n) is 21.3. The highest BCUT2D eigenvalue weighted by Crippen LogP contribution is 2.26. The number of nitrogens with zero attached hydrogens (tertiary/aromatic N) is 2. The largest absolute Gasteiger partial charge is 0.449 e. The number of likely N-dealkylation sites (N-methyl/N-ethyl adjacent to an activating group) is 1. The molecule has 2 unspecified atom stereocenters. The van der Waals surface area contributed by atoms with E-state index in [0.29, 0.717) is 31.8 Å². The van der Waals surface area contributed by atoms with Crippen LogP contribution < -0.4 is 16.0 Å². The van der Waals surface area contributed by atoms with Crippen LogP contribution in [0.2, 0.25) is 0 Å². The summed E-state index contributed by atoms with van der Waals surface area (Å²) in [6.07, 6.45) is 7.57. The van der Waals surface area contributed by atoms with Gasteiger partial charge in [0.15, 0.2) is 0 Å². The average Bonchev–Trinajstić information content (AvgIpc) is 2.81. The summed E-state index contributed by atoms with van der Waals surface area (Å²) in [7, 11) is 4.96. The van der Waals surface area contributed by atoms with Gasteiger partial charge in [-0.2, -0.15) is 0 Å². The molecule has 33 heavy (non-hydrogen) atoms. The molecule has 0 aromatic rings. The summed E-state index contributed by atoms with van der Waals surface area (Å²) >= 11 is 0. The molecule has 9 heteroatoms. The van der Waals surface area contributed by atoms with Crippen LogP contribution in [0.1, 0.15) is 53.4 Å². The van der Waals surface area contributed by atoms with Crippen LogP contribution in [0.4, 0.5) is 4.79 Å². The molecule has 0 aromatic carbocycles. The fourth-order valence-corrected chi connectivity index (χ4v) is 3.09. The third-order valence-corrected chi connectivity index (χ3v) is 6.06. The molecular formula is C24H43N5O4. The number of aliphatic hydroxyl groups is 1. The number of alkyl carbamates (subject to hydrolysis) is 1. The van der Waals surface area contributed by atoms with Gasteiger partial charge >= 0.3 is 6.09 Å². The number of amidine groups is 1. The number of carbonyl (C=O) groups is 2. The Hall–Kier alpha value is -2.55. The van der Waals surface area contributed by atoms with Gasteiger partial charge in [-0.3, -0.25) is 9.79 Å². The van der Waals surface area contributed by atoms with Gasteiger partial charge in [0.05, 0.1) is 19.2 Å². The summed E-state index contributed by atoms with van der Waals surface area (Å²) in [4.78, 5) is 29.6.